The van der Waals surface area contributed by atoms with E-state index in [0.29, 0.717) is 23.8 Å². The van der Waals surface area contributed by atoms with E-state index in [1.165, 1.54) is 6.33 Å². The zero-order valence-corrected chi connectivity index (χ0v) is 18.5. The average molecular weight is 447 g/mol. The molecule has 1 atom stereocenters. The zero-order valence-electron chi connectivity index (χ0n) is 18.5. The molecule has 0 radical (unpaired) electrons. The molecule has 166 valence electrons. The van der Waals surface area contributed by atoms with Crippen molar-refractivity contribution in [2.75, 3.05) is 4.90 Å². The highest BCUT2D eigenvalue weighted by atomic mass is 16.2. The van der Waals surface area contributed by atoms with Crippen LogP contribution in [0.2, 0.25) is 0 Å². The van der Waals surface area contributed by atoms with Gasteiger partial charge >= 0.3 is 0 Å². The maximum Gasteiger partial charge on any atom is 0.260 e. The van der Waals surface area contributed by atoms with Gasteiger partial charge in [-0.3, -0.25) is 19.1 Å². The summed E-state index contributed by atoms with van der Waals surface area (Å²) in [6.45, 7) is 2.09. The number of aromatic nitrogens is 4. The largest absolute Gasteiger partial charge is 0.322 e. The van der Waals surface area contributed by atoms with Crippen LogP contribution in [-0.4, -0.2) is 25.7 Å². The van der Waals surface area contributed by atoms with Crippen LogP contribution in [0.15, 0.2) is 96.1 Å². The normalized spacial score (nSPS) is 17.3. The Labute approximate surface area is 195 Å². The van der Waals surface area contributed by atoms with Crippen molar-refractivity contribution in [1.29, 1.82) is 0 Å². The summed E-state index contributed by atoms with van der Waals surface area (Å²) in [6, 6.07) is 27.4. The van der Waals surface area contributed by atoms with Gasteiger partial charge in [-0.15, -0.1) is 10.2 Å². The van der Waals surface area contributed by atoms with Crippen LogP contribution in [0.3, 0.4) is 0 Å². The standard InChI is InChI=1S/C27H21N5O2/c1-27(25(34)31(26-30-28-17-32(26)27)16-18-7-3-2-4-8-18)22-13-14-23(29-24(22)33)21-12-11-19-9-5-6-10-20(19)15-21/h2-15,17H,16H2,1H3,(H,29,33). The molecule has 3 aromatic carbocycles. The summed E-state index contributed by atoms with van der Waals surface area (Å²) in [5.41, 5.74) is 1.35. The third kappa shape index (κ3) is 2.97. The van der Waals surface area contributed by atoms with E-state index >= 15 is 0 Å². The fourth-order valence-electron chi connectivity index (χ4n) is 4.72. The first-order valence-electron chi connectivity index (χ1n) is 11.0. The Kier molecular flexibility index (Phi) is 4.45. The van der Waals surface area contributed by atoms with Crippen molar-refractivity contribution in [1.82, 2.24) is 19.7 Å². The van der Waals surface area contributed by atoms with Gasteiger partial charge in [0.1, 0.15) is 6.33 Å². The highest BCUT2D eigenvalue weighted by Crippen LogP contribution is 2.38. The van der Waals surface area contributed by atoms with Gasteiger partial charge in [0.05, 0.1) is 12.1 Å². The number of carbonyl (C=O) groups excluding carboxylic acids is 1. The summed E-state index contributed by atoms with van der Waals surface area (Å²) < 4.78 is 1.68. The van der Waals surface area contributed by atoms with Gasteiger partial charge in [0.2, 0.25) is 5.95 Å². The first-order valence-corrected chi connectivity index (χ1v) is 11.0. The molecule has 7 nitrogen and oxygen atoms in total. The predicted molar refractivity (Wildman–Crippen MR) is 130 cm³/mol. The minimum absolute atomic E-state index is 0.217. The van der Waals surface area contributed by atoms with Crippen LogP contribution < -0.4 is 10.5 Å². The number of fused-ring (bicyclic) bond motifs is 2. The second-order valence-corrected chi connectivity index (χ2v) is 8.63. The van der Waals surface area contributed by atoms with Crippen LogP contribution in [0, 0.1) is 0 Å². The number of pyridine rings is 1. The van der Waals surface area contributed by atoms with E-state index < -0.39 is 5.54 Å². The molecule has 1 amide bonds. The lowest BCUT2D eigenvalue weighted by Gasteiger charge is -2.24. The van der Waals surface area contributed by atoms with Gasteiger partial charge in [-0.25, -0.2) is 0 Å². The van der Waals surface area contributed by atoms with Gasteiger partial charge in [0, 0.05) is 5.69 Å². The molecular weight excluding hydrogens is 426 g/mol. The van der Waals surface area contributed by atoms with Gasteiger partial charge < -0.3 is 4.98 Å². The molecule has 0 fully saturated rings. The van der Waals surface area contributed by atoms with E-state index in [1.807, 2.05) is 72.8 Å². The topological polar surface area (TPSA) is 83.9 Å². The number of amides is 1. The van der Waals surface area contributed by atoms with Crippen molar-refractivity contribution in [2.24, 2.45) is 0 Å². The lowest BCUT2D eigenvalue weighted by Crippen LogP contribution is -2.44. The number of benzene rings is 3. The quantitative estimate of drug-likeness (QED) is 0.450. The molecule has 6 rings (SSSR count). The van der Waals surface area contributed by atoms with Gasteiger partial charge in [-0.2, -0.15) is 0 Å². The first-order chi connectivity index (χ1) is 16.6. The number of nitrogens with one attached hydrogen (secondary N) is 1. The van der Waals surface area contributed by atoms with E-state index in [0.717, 1.165) is 21.9 Å². The lowest BCUT2D eigenvalue weighted by atomic mass is 9.91. The molecule has 5 aromatic rings. The molecule has 2 aromatic heterocycles. The van der Waals surface area contributed by atoms with E-state index in [4.69, 9.17) is 0 Å². The van der Waals surface area contributed by atoms with Crippen LogP contribution in [0.4, 0.5) is 5.95 Å². The molecule has 0 saturated heterocycles. The highest BCUT2D eigenvalue weighted by molar-refractivity contribution is 6.03. The summed E-state index contributed by atoms with van der Waals surface area (Å²) >= 11 is 0. The van der Waals surface area contributed by atoms with Crippen LogP contribution in [0.25, 0.3) is 22.0 Å². The number of aromatic amines is 1. The molecule has 1 aliphatic heterocycles. The van der Waals surface area contributed by atoms with Crippen LogP contribution in [0.1, 0.15) is 18.1 Å². The van der Waals surface area contributed by atoms with Crippen molar-refractivity contribution in [2.45, 2.75) is 19.0 Å². The van der Waals surface area contributed by atoms with Gasteiger partial charge in [0.15, 0.2) is 5.54 Å². The Morgan fingerprint density at radius 1 is 0.882 bits per heavy atom. The van der Waals surface area contributed by atoms with Crippen LogP contribution >= 0.6 is 0 Å². The van der Waals surface area contributed by atoms with E-state index in [-0.39, 0.29) is 11.5 Å². The summed E-state index contributed by atoms with van der Waals surface area (Å²) in [5.74, 6) is 0.208. The summed E-state index contributed by atoms with van der Waals surface area (Å²) in [6.07, 6.45) is 1.51. The molecule has 0 saturated carbocycles. The molecule has 0 bridgehead atoms. The third-order valence-electron chi connectivity index (χ3n) is 6.59. The molecule has 34 heavy (non-hydrogen) atoms. The number of H-pyrrole nitrogens is 1. The minimum atomic E-state index is -1.25. The van der Waals surface area contributed by atoms with E-state index in [9.17, 15) is 9.59 Å². The Morgan fingerprint density at radius 3 is 2.44 bits per heavy atom. The van der Waals surface area contributed by atoms with Gasteiger partial charge in [0.25, 0.3) is 11.5 Å². The fraction of sp³-hybridized carbons (Fsp3) is 0.111. The minimum Gasteiger partial charge on any atom is -0.322 e. The summed E-state index contributed by atoms with van der Waals surface area (Å²) in [4.78, 5) is 31.6. The second kappa shape index (κ2) is 7.52. The maximum absolute atomic E-state index is 13.7. The molecule has 1 N–H and O–H groups in total. The number of nitrogens with zero attached hydrogens (tertiary/aromatic N) is 4. The Balaban J connectivity index is 1.40. The predicted octanol–water partition coefficient (Wildman–Crippen LogP) is 4.10. The maximum atomic E-state index is 13.7. The number of anilines is 1. The Hall–Kier alpha value is -4.52. The van der Waals surface area contributed by atoms with Gasteiger partial charge in [-0.1, -0.05) is 66.7 Å². The number of rotatable bonds is 4. The molecule has 0 spiro atoms. The number of hydrogen-bond donors (Lipinski definition) is 1. The van der Waals surface area contributed by atoms with Crippen molar-refractivity contribution < 1.29 is 4.79 Å². The van der Waals surface area contributed by atoms with Crippen molar-refractivity contribution >= 4 is 22.6 Å². The van der Waals surface area contributed by atoms with Crippen LogP contribution in [-0.2, 0) is 16.9 Å². The molecule has 3 heterocycles. The van der Waals surface area contributed by atoms with Gasteiger partial charge in [-0.05, 0) is 47.0 Å². The molecule has 7 heteroatoms. The average Bonchev–Trinajstić information content (AvgIpc) is 3.43. The molecule has 1 aliphatic rings. The lowest BCUT2D eigenvalue weighted by molar-refractivity contribution is -0.123. The highest BCUT2D eigenvalue weighted by Gasteiger charge is 2.51. The molecule has 1 unspecified atom stereocenters. The third-order valence-corrected chi connectivity index (χ3v) is 6.59. The first kappa shape index (κ1) is 20.1. The van der Waals surface area contributed by atoms with Crippen molar-refractivity contribution in [3.63, 3.8) is 0 Å². The fourth-order valence-corrected chi connectivity index (χ4v) is 4.72. The monoisotopic (exact) mass is 447 g/mol. The second-order valence-electron chi connectivity index (χ2n) is 8.63. The summed E-state index contributed by atoms with van der Waals surface area (Å²) in [5, 5.41) is 10.4. The molecular formula is C27H21N5O2. The summed E-state index contributed by atoms with van der Waals surface area (Å²) in [7, 11) is 0. The van der Waals surface area contributed by atoms with Crippen molar-refractivity contribution in [3.8, 4) is 11.3 Å². The van der Waals surface area contributed by atoms with Crippen molar-refractivity contribution in [3.05, 3.63) is 113 Å². The Bertz CT molecular complexity index is 1600. The number of hydrogen-bond acceptors (Lipinski definition) is 4. The van der Waals surface area contributed by atoms with Crippen LogP contribution in [0.5, 0.6) is 0 Å². The smallest absolute Gasteiger partial charge is 0.260 e. The van der Waals surface area contributed by atoms with E-state index in [1.54, 1.807) is 22.5 Å². The SMILES string of the molecule is CC1(c2ccc(-c3ccc4ccccc4c3)[nH]c2=O)C(=O)N(Cc2ccccc2)c2nncn21. The number of carbonyl (C=O) groups is 1. The zero-order chi connectivity index (χ0) is 23.3. The van der Waals surface area contributed by atoms with E-state index in [2.05, 4.69) is 21.2 Å². The Morgan fingerprint density at radius 2 is 1.65 bits per heavy atom. The molecule has 0 aliphatic carbocycles.